The molecule has 0 aromatic heterocycles. The van der Waals surface area contributed by atoms with Gasteiger partial charge in [-0.3, -0.25) is 4.90 Å². The number of piperidine rings is 2. The molecule has 1 aromatic rings. The second kappa shape index (κ2) is 8.17. The number of rotatable bonds is 5. The van der Waals surface area contributed by atoms with Crippen molar-refractivity contribution in [1.29, 1.82) is 0 Å². The third-order valence-electron chi connectivity index (χ3n) is 7.59. The molecule has 7 heteroatoms. The van der Waals surface area contributed by atoms with Gasteiger partial charge in [0.1, 0.15) is 5.75 Å². The van der Waals surface area contributed by atoms with Crippen LogP contribution in [0, 0.1) is 11.8 Å². The molecule has 2 N–H and O–H groups in total. The summed E-state index contributed by atoms with van der Waals surface area (Å²) in [5, 5.41) is -0.438. The summed E-state index contributed by atoms with van der Waals surface area (Å²) in [5.41, 5.74) is 8.49. The highest BCUT2D eigenvalue weighted by molar-refractivity contribution is 7.89. The maximum Gasteiger partial charge on any atom is 0.217 e. The molecule has 0 bridgehead atoms. The van der Waals surface area contributed by atoms with Crippen LogP contribution in [0.3, 0.4) is 0 Å². The monoisotopic (exact) mass is 421 g/mol. The van der Waals surface area contributed by atoms with E-state index in [0.29, 0.717) is 25.0 Å². The van der Waals surface area contributed by atoms with E-state index in [-0.39, 0.29) is 12.0 Å². The van der Waals surface area contributed by atoms with Crippen molar-refractivity contribution in [3.05, 3.63) is 29.3 Å². The first-order chi connectivity index (χ1) is 13.9. The Kier molecular flexibility index (Phi) is 5.95. The topological polar surface area (TPSA) is 75.9 Å². The van der Waals surface area contributed by atoms with Crippen molar-refractivity contribution in [2.24, 2.45) is 17.6 Å². The van der Waals surface area contributed by atoms with E-state index >= 15 is 0 Å². The van der Waals surface area contributed by atoms with Gasteiger partial charge in [0.2, 0.25) is 10.0 Å². The fraction of sp³-hybridized carbons (Fsp3) is 0.727. The average Bonchev–Trinajstić information content (AvgIpc) is 2.75. The molecule has 0 radical (unpaired) electrons. The third kappa shape index (κ3) is 3.71. The summed E-state index contributed by atoms with van der Waals surface area (Å²) in [7, 11) is -1.65. The van der Waals surface area contributed by atoms with Crippen molar-refractivity contribution >= 4 is 10.0 Å². The Labute approximate surface area is 175 Å². The van der Waals surface area contributed by atoms with Gasteiger partial charge in [-0.2, -0.15) is 4.31 Å². The summed E-state index contributed by atoms with van der Waals surface area (Å²) < 4.78 is 34.2. The molecule has 4 rings (SSSR count). The molecule has 2 unspecified atom stereocenters. The molecule has 0 amide bonds. The lowest BCUT2D eigenvalue weighted by Crippen LogP contribution is -2.59. The van der Waals surface area contributed by atoms with Crippen molar-refractivity contribution in [1.82, 2.24) is 9.21 Å². The molecule has 2 saturated heterocycles. The van der Waals surface area contributed by atoms with Gasteiger partial charge in [0.15, 0.2) is 0 Å². The molecule has 0 spiro atoms. The van der Waals surface area contributed by atoms with Crippen LogP contribution in [0.15, 0.2) is 18.2 Å². The lowest BCUT2D eigenvalue weighted by Gasteiger charge is -2.52. The van der Waals surface area contributed by atoms with Gasteiger partial charge in [-0.15, -0.1) is 0 Å². The van der Waals surface area contributed by atoms with Crippen LogP contribution in [0.2, 0.25) is 0 Å². The molecule has 0 saturated carbocycles. The van der Waals surface area contributed by atoms with Crippen LogP contribution < -0.4 is 10.5 Å². The number of methoxy groups -OCH3 is 1. The summed E-state index contributed by atoms with van der Waals surface area (Å²) in [6, 6.07) is 6.76. The highest BCUT2D eigenvalue weighted by Crippen LogP contribution is 2.44. The number of nitrogens with zero attached hydrogens (tertiary/aromatic N) is 2. The van der Waals surface area contributed by atoms with E-state index < -0.39 is 15.3 Å². The number of sulfonamides is 1. The number of hydrogen-bond acceptors (Lipinski definition) is 5. The van der Waals surface area contributed by atoms with Gasteiger partial charge in [-0.25, -0.2) is 8.42 Å². The highest BCUT2D eigenvalue weighted by atomic mass is 32.2. The predicted octanol–water partition coefficient (Wildman–Crippen LogP) is 2.39. The Balaban J connectivity index is 1.63. The van der Waals surface area contributed by atoms with Crippen LogP contribution in [-0.2, 0) is 16.4 Å². The zero-order valence-corrected chi connectivity index (χ0v) is 18.7. The smallest absolute Gasteiger partial charge is 0.217 e. The second-order valence-corrected chi connectivity index (χ2v) is 11.3. The van der Waals surface area contributed by atoms with Crippen LogP contribution in [0.4, 0.5) is 0 Å². The van der Waals surface area contributed by atoms with E-state index in [1.807, 2.05) is 24.2 Å². The summed E-state index contributed by atoms with van der Waals surface area (Å²) in [4.78, 5) is 2.58. The van der Waals surface area contributed by atoms with Crippen molar-refractivity contribution in [3.8, 4) is 5.75 Å². The highest BCUT2D eigenvalue weighted by Gasteiger charge is 2.47. The first-order valence-electron chi connectivity index (χ1n) is 11.0. The molecule has 162 valence electrons. The quantitative estimate of drug-likeness (QED) is 0.790. The maximum absolute atomic E-state index is 13.5. The molecule has 5 atom stereocenters. The zero-order valence-electron chi connectivity index (χ0n) is 17.9. The fourth-order valence-electron chi connectivity index (χ4n) is 5.53. The molecule has 1 aromatic carbocycles. The van der Waals surface area contributed by atoms with E-state index in [4.69, 9.17) is 10.5 Å². The van der Waals surface area contributed by atoms with Crippen molar-refractivity contribution in [3.63, 3.8) is 0 Å². The molecule has 3 heterocycles. The van der Waals surface area contributed by atoms with Gasteiger partial charge < -0.3 is 10.5 Å². The first kappa shape index (κ1) is 21.1. The Hall–Kier alpha value is -1.15. The number of hydrogen-bond donors (Lipinski definition) is 1. The van der Waals surface area contributed by atoms with Crippen LogP contribution in [0.25, 0.3) is 0 Å². The minimum Gasteiger partial charge on any atom is -0.497 e. The number of ether oxygens (including phenoxy) is 1. The molecule has 2 fully saturated rings. The minimum atomic E-state index is -3.35. The minimum absolute atomic E-state index is 0.0386. The summed E-state index contributed by atoms with van der Waals surface area (Å²) in [6.07, 6.45) is 3.99. The maximum atomic E-state index is 13.5. The van der Waals surface area contributed by atoms with Crippen molar-refractivity contribution in [2.45, 2.75) is 56.9 Å². The summed E-state index contributed by atoms with van der Waals surface area (Å²) in [6.45, 7) is 6.85. The van der Waals surface area contributed by atoms with Crippen LogP contribution >= 0.6 is 0 Å². The predicted molar refractivity (Wildman–Crippen MR) is 115 cm³/mol. The van der Waals surface area contributed by atoms with Gasteiger partial charge in [-0.1, -0.05) is 13.0 Å². The number of fused-ring (bicyclic) bond motifs is 4. The van der Waals surface area contributed by atoms with Gasteiger partial charge in [0, 0.05) is 31.7 Å². The number of benzene rings is 1. The SMILES string of the molecule is COc1ccc2c(c1)CCN1C[C@@H]3CCCN(S(=O)(=O)C(C)C(C)CN)[C@@H]3C[C@@H]21. The van der Waals surface area contributed by atoms with Crippen LogP contribution in [0.1, 0.15) is 50.3 Å². The van der Waals surface area contributed by atoms with Crippen molar-refractivity contribution < 1.29 is 13.2 Å². The van der Waals surface area contributed by atoms with Gasteiger partial charge in [0.05, 0.1) is 12.4 Å². The molecule has 6 nitrogen and oxygen atoms in total. The lowest BCUT2D eigenvalue weighted by molar-refractivity contribution is 0.0214. The number of nitrogens with two attached hydrogens (primary N) is 1. The van der Waals surface area contributed by atoms with E-state index in [0.717, 1.165) is 44.5 Å². The summed E-state index contributed by atoms with van der Waals surface area (Å²) >= 11 is 0. The molecular weight excluding hydrogens is 386 g/mol. The lowest BCUT2D eigenvalue weighted by atomic mass is 9.77. The van der Waals surface area contributed by atoms with Gasteiger partial charge in [-0.05, 0) is 74.2 Å². The van der Waals surface area contributed by atoms with Crippen LogP contribution in [-0.4, -0.2) is 62.2 Å². The Morgan fingerprint density at radius 1 is 1.28 bits per heavy atom. The van der Waals surface area contributed by atoms with E-state index in [1.54, 1.807) is 7.11 Å². The molecule has 0 aliphatic carbocycles. The van der Waals surface area contributed by atoms with Crippen LogP contribution in [0.5, 0.6) is 5.75 Å². The van der Waals surface area contributed by atoms with Crippen molar-refractivity contribution in [2.75, 3.05) is 33.3 Å². The average molecular weight is 422 g/mol. The largest absolute Gasteiger partial charge is 0.497 e. The van der Waals surface area contributed by atoms with E-state index in [1.165, 1.54) is 11.1 Å². The molecule has 3 aliphatic rings. The van der Waals surface area contributed by atoms with E-state index in [2.05, 4.69) is 17.0 Å². The normalized spacial score (nSPS) is 30.0. The zero-order chi connectivity index (χ0) is 20.8. The Morgan fingerprint density at radius 3 is 2.79 bits per heavy atom. The Morgan fingerprint density at radius 2 is 2.07 bits per heavy atom. The third-order valence-corrected chi connectivity index (χ3v) is 10.1. The first-order valence-corrected chi connectivity index (χ1v) is 12.5. The Bertz CT molecular complexity index is 844. The second-order valence-electron chi connectivity index (χ2n) is 9.10. The molecule has 29 heavy (non-hydrogen) atoms. The summed E-state index contributed by atoms with van der Waals surface area (Å²) in [5.74, 6) is 1.29. The van der Waals surface area contributed by atoms with Gasteiger partial charge in [0.25, 0.3) is 0 Å². The molecule has 3 aliphatic heterocycles. The fourth-order valence-corrected chi connectivity index (χ4v) is 7.68. The molecular formula is C22H35N3O3S. The standard InChI is InChI=1S/C22H35N3O3S/c1-15(13-23)16(2)29(26,27)25-9-4-5-18-14-24-10-8-17-11-19(28-3)6-7-20(17)22(24)12-21(18)25/h6-7,11,15-16,18,21-22H,4-5,8-10,12-14,23H2,1-3H3/t15?,16?,18-,21+,22-/m0/s1. The van der Waals surface area contributed by atoms with E-state index in [9.17, 15) is 8.42 Å². The van der Waals surface area contributed by atoms with Gasteiger partial charge >= 0.3 is 0 Å².